The average Bonchev–Trinajstić information content (AvgIpc) is 2.54. The van der Waals surface area contributed by atoms with Crippen LogP contribution in [0.25, 0.3) is 0 Å². The number of nitrogens with one attached hydrogen (secondary N) is 1. The maximum atomic E-state index is 12.5. The van der Waals surface area contributed by atoms with Crippen LogP contribution in [0, 0.1) is 0 Å². The second kappa shape index (κ2) is 7.11. The second-order valence-corrected chi connectivity index (χ2v) is 7.29. The molecule has 0 aromatic heterocycles. The number of benzene rings is 2. The molecule has 0 bridgehead atoms. The van der Waals surface area contributed by atoms with Crippen molar-refractivity contribution < 1.29 is 17.9 Å². The first-order valence-electron chi connectivity index (χ1n) is 6.92. The van der Waals surface area contributed by atoms with Crippen LogP contribution in [0.5, 0.6) is 5.75 Å². The Morgan fingerprint density at radius 1 is 1.12 bits per heavy atom. The minimum Gasteiger partial charge on any atom is -0.497 e. The van der Waals surface area contributed by atoms with Gasteiger partial charge in [-0.2, -0.15) is 0 Å². The smallest absolute Gasteiger partial charge is 0.261 e. The molecule has 8 heteroatoms. The summed E-state index contributed by atoms with van der Waals surface area (Å²) in [7, 11) is 0.785. The van der Waals surface area contributed by atoms with E-state index in [0.29, 0.717) is 10.8 Å². The summed E-state index contributed by atoms with van der Waals surface area (Å²) in [6, 6.07) is 10.3. The van der Waals surface area contributed by atoms with E-state index in [-0.39, 0.29) is 22.1 Å². The van der Waals surface area contributed by atoms with E-state index in [1.807, 2.05) is 0 Å². The minimum absolute atomic E-state index is 0.0477. The first kappa shape index (κ1) is 18.1. The van der Waals surface area contributed by atoms with Crippen molar-refractivity contribution in [3.05, 3.63) is 53.1 Å². The standard InChI is InChI=1S/C16H17ClN2O4S/c1-19(2)16(20)14-9-4-11(17)10-15(14)18-24(21,22)13-7-5-12(23-3)6-8-13/h4-10,18H,1-3H3. The van der Waals surface area contributed by atoms with Gasteiger partial charge < -0.3 is 9.64 Å². The molecule has 2 rings (SSSR count). The highest BCUT2D eigenvalue weighted by molar-refractivity contribution is 7.92. The third kappa shape index (κ3) is 3.98. The van der Waals surface area contributed by atoms with E-state index in [2.05, 4.69) is 4.72 Å². The number of hydrogen-bond donors (Lipinski definition) is 1. The normalized spacial score (nSPS) is 11.0. The maximum Gasteiger partial charge on any atom is 0.261 e. The molecular weight excluding hydrogens is 352 g/mol. The fourth-order valence-electron chi connectivity index (χ4n) is 1.99. The predicted molar refractivity (Wildman–Crippen MR) is 93.3 cm³/mol. The molecule has 0 spiro atoms. The zero-order valence-electron chi connectivity index (χ0n) is 13.4. The third-order valence-corrected chi connectivity index (χ3v) is 4.85. The van der Waals surface area contributed by atoms with E-state index in [1.165, 1.54) is 42.3 Å². The van der Waals surface area contributed by atoms with Crippen LogP contribution in [0.1, 0.15) is 10.4 Å². The molecule has 6 nitrogen and oxygen atoms in total. The Bertz CT molecular complexity index is 849. The number of amides is 1. The number of rotatable bonds is 5. The number of halogens is 1. The van der Waals surface area contributed by atoms with E-state index < -0.39 is 10.0 Å². The van der Waals surface area contributed by atoms with Gasteiger partial charge in [0.1, 0.15) is 5.75 Å². The number of hydrogen-bond acceptors (Lipinski definition) is 4. The molecule has 0 heterocycles. The minimum atomic E-state index is -3.87. The first-order chi connectivity index (χ1) is 11.2. The Morgan fingerprint density at radius 2 is 1.75 bits per heavy atom. The van der Waals surface area contributed by atoms with Crippen LogP contribution in [0.4, 0.5) is 5.69 Å². The van der Waals surface area contributed by atoms with Gasteiger partial charge in [-0.25, -0.2) is 8.42 Å². The molecule has 0 fully saturated rings. The second-order valence-electron chi connectivity index (χ2n) is 5.17. The highest BCUT2D eigenvalue weighted by Crippen LogP contribution is 2.25. The van der Waals surface area contributed by atoms with Crippen molar-refractivity contribution in [1.29, 1.82) is 0 Å². The molecular formula is C16H17ClN2O4S. The van der Waals surface area contributed by atoms with Crippen LogP contribution in [0.15, 0.2) is 47.4 Å². The van der Waals surface area contributed by atoms with Crippen molar-refractivity contribution in [1.82, 2.24) is 4.90 Å². The first-order valence-corrected chi connectivity index (χ1v) is 8.79. The Labute approximate surface area is 146 Å². The van der Waals surface area contributed by atoms with Gasteiger partial charge in [-0.1, -0.05) is 11.6 Å². The Balaban J connectivity index is 2.41. The zero-order valence-corrected chi connectivity index (χ0v) is 15.0. The van der Waals surface area contributed by atoms with Gasteiger partial charge in [0.2, 0.25) is 0 Å². The van der Waals surface area contributed by atoms with Crippen LogP contribution in [-0.4, -0.2) is 40.4 Å². The Morgan fingerprint density at radius 3 is 2.29 bits per heavy atom. The molecule has 0 atom stereocenters. The lowest BCUT2D eigenvalue weighted by Gasteiger charge is -2.16. The fraction of sp³-hybridized carbons (Fsp3) is 0.188. The number of ether oxygens (including phenoxy) is 1. The molecule has 128 valence electrons. The lowest BCUT2D eigenvalue weighted by Crippen LogP contribution is -2.24. The van der Waals surface area contributed by atoms with Gasteiger partial charge in [0, 0.05) is 19.1 Å². The molecule has 2 aromatic carbocycles. The highest BCUT2D eigenvalue weighted by Gasteiger charge is 2.20. The topological polar surface area (TPSA) is 75.7 Å². The van der Waals surface area contributed by atoms with Crippen molar-refractivity contribution in [3.8, 4) is 5.75 Å². The van der Waals surface area contributed by atoms with Gasteiger partial charge in [-0.05, 0) is 42.5 Å². The van der Waals surface area contributed by atoms with E-state index in [4.69, 9.17) is 16.3 Å². The Hall–Kier alpha value is -2.25. The molecule has 0 unspecified atom stereocenters. The maximum absolute atomic E-state index is 12.5. The van der Waals surface area contributed by atoms with E-state index in [9.17, 15) is 13.2 Å². The average molecular weight is 369 g/mol. The summed E-state index contributed by atoms with van der Waals surface area (Å²) in [5, 5.41) is 0.317. The molecule has 0 saturated heterocycles. The SMILES string of the molecule is COc1ccc(S(=O)(=O)Nc2cc(Cl)ccc2C(=O)N(C)C)cc1. The zero-order chi connectivity index (χ0) is 17.9. The lowest BCUT2D eigenvalue weighted by molar-refractivity contribution is 0.0828. The Kier molecular flexibility index (Phi) is 5.36. The van der Waals surface area contributed by atoms with Gasteiger partial charge in [-0.15, -0.1) is 0 Å². The summed E-state index contributed by atoms with van der Waals surface area (Å²) in [5.41, 5.74) is 0.332. The summed E-state index contributed by atoms with van der Waals surface area (Å²) >= 11 is 5.94. The summed E-state index contributed by atoms with van der Waals surface area (Å²) < 4.78 is 32.5. The number of carbonyl (C=O) groups is 1. The molecule has 0 aliphatic carbocycles. The number of sulfonamides is 1. The monoisotopic (exact) mass is 368 g/mol. The van der Waals surface area contributed by atoms with Crippen LogP contribution >= 0.6 is 11.6 Å². The fourth-order valence-corrected chi connectivity index (χ4v) is 3.23. The van der Waals surface area contributed by atoms with Gasteiger partial charge in [-0.3, -0.25) is 9.52 Å². The van der Waals surface area contributed by atoms with Crippen LogP contribution < -0.4 is 9.46 Å². The van der Waals surface area contributed by atoms with Crippen molar-refractivity contribution in [2.24, 2.45) is 0 Å². The van der Waals surface area contributed by atoms with Gasteiger partial charge in [0.05, 0.1) is 23.3 Å². The predicted octanol–water partition coefficient (Wildman–Crippen LogP) is 2.85. The quantitative estimate of drug-likeness (QED) is 0.880. The molecule has 1 N–H and O–H groups in total. The van der Waals surface area contributed by atoms with Gasteiger partial charge in [0.15, 0.2) is 0 Å². The molecule has 0 radical (unpaired) electrons. The molecule has 2 aromatic rings. The van der Waals surface area contributed by atoms with Crippen molar-refractivity contribution >= 4 is 33.2 Å². The van der Waals surface area contributed by atoms with Crippen LogP contribution in [-0.2, 0) is 10.0 Å². The number of nitrogens with zero attached hydrogens (tertiary/aromatic N) is 1. The highest BCUT2D eigenvalue weighted by atomic mass is 35.5. The number of methoxy groups -OCH3 is 1. The van der Waals surface area contributed by atoms with E-state index in [1.54, 1.807) is 26.2 Å². The number of carbonyl (C=O) groups excluding carboxylic acids is 1. The molecule has 0 aliphatic heterocycles. The largest absolute Gasteiger partial charge is 0.497 e. The molecule has 0 aliphatic rings. The van der Waals surface area contributed by atoms with E-state index in [0.717, 1.165) is 0 Å². The molecule has 1 amide bonds. The summed E-state index contributed by atoms with van der Waals surface area (Å²) in [4.78, 5) is 13.6. The summed E-state index contributed by atoms with van der Waals surface area (Å²) in [6.45, 7) is 0. The van der Waals surface area contributed by atoms with Gasteiger partial charge >= 0.3 is 0 Å². The van der Waals surface area contributed by atoms with Crippen molar-refractivity contribution in [2.45, 2.75) is 4.90 Å². The van der Waals surface area contributed by atoms with Crippen molar-refractivity contribution in [3.63, 3.8) is 0 Å². The lowest BCUT2D eigenvalue weighted by atomic mass is 10.1. The summed E-state index contributed by atoms with van der Waals surface area (Å²) in [5.74, 6) is 0.208. The third-order valence-electron chi connectivity index (χ3n) is 3.23. The van der Waals surface area contributed by atoms with Gasteiger partial charge in [0.25, 0.3) is 15.9 Å². The van der Waals surface area contributed by atoms with E-state index >= 15 is 0 Å². The van der Waals surface area contributed by atoms with Crippen LogP contribution in [0.2, 0.25) is 5.02 Å². The molecule has 24 heavy (non-hydrogen) atoms. The molecule has 0 saturated carbocycles. The van der Waals surface area contributed by atoms with Crippen molar-refractivity contribution in [2.75, 3.05) is 25.9 Å². The van der Waals surface area contributed by atoms with Crippen LogP contribution in [0.3, 0.4) is 0 Å². The summed E-state index contributed by atoms with van der Waals surface area (Å²) in [6.07, 6.45) is 0. The number of anilines is 1.